The third-order valence-corrected chi connectivity index (χ3v) is 8.45. The maximum Gasteiger partial charge on any atom is 0.166 e. The van der Waals surface area contributed by atoms with Crippen LogP contribution < -0.4 is 10.1 Å². The number of nitrogens with one attached hydrogen (secondary N) is 1. The number of hydrogen-bond donors (Lipinski definition) is 3. The number of para-hydroxylation sites is 1. The fraction of sp³-hybridized carbons (Fsp3) is 0.400. The lowest BCUT2D eigenvalue weighted by atomic mass is 9.49. The number of likely N-dealkylation sites (N-methyl/N-ethyl adjacent to an activating group) is 1. The second-order valence-corrected chi connectivity index (χ2v) is 9.59. The largest absolute Gasteiger partial charge is 0.504 e. The van der Waals surface area contributed by atoms with Crippen molar-refractivity contribution in [1.82, 2.24) is 9.88 Å². The average molecular weight is 415 g/mol. The highest BCUT2D eigenvalue weighted by atomic mass is 16.5. The van der Waals surface area contributed by atoms with Gasteiger partial charge in [0.1, 0.15) is 0 Å². The van der Waals surface area contributed by atoms with Gasteiger partial charge in [-0.15, -0.1) is 0 Å². The monoisotopic (exact) mass is 415 g/mol. The molecule has 0 radical (unpaired) electrons. The first-order chi connectivity index (χ1) is 15.0. The molecular weight excluding hydrogens is 390 g/mol. The number of nitrogens with zero attached hydrogens (tertiary/aromatic N) is 2. The molecule has 3 N–H and O–H groups in total. The summed E-state index contributed by atoms with van der Waals surface area (Å²) >= 11 is 0. The molecule has 2 unspecified atom stereocenters. The van der Waals surface area contributed by atoms with Crippen molar-refractivity contribution in [2.45, 2.75) is 42.4 Å². The lowest BCUT2D eigenvalue weighted by Crippen LogP contribution is -2.74. The van der Waals surface area contributed by atoms with Gasteiger partial charge in [-0.1, -0.05) is 24.3 Å². The van der Waals surface area contributed by atoms with Crippen molar-refractivity contribution in [2.75, 3.05) is 26.0 Å². The van der Waals surface area contributed by atoms with Gasteiger partial charge in [0.15, 0.2) is 17.6 Å². The van der Waals surface area contributed by atoms with Crippen LogP contribution in [0.15, 0.2) is 36.4 Å². The molecule has 1 saturated heterocycles. The Morgan fingerprint density at radius 3 is 2.90 bits per heavy atom. The highest BCUT2D eigenvalue weighted by molar-refractivity contribution is 5.94. The number of anilines is 1. The van der Waals surface area contributed by atoms with Gasteiger partial charge >= 0.3 is 0 Å². The van der Waals surface area contributed by atoms with Crippen LogP contribution in [0.25, 0.3) is 10.9 Å². The smallest absolute Gasteiger partial charge is 0.166 e. The molecule has 1 fully saturated rings. The van der Waals surface area contributed by atoms with Crippen LogP contribution in [0, 0.1) is 0 Å². The zero-order chi connectivity index (χ0) is 21.1. The molecule has 2 aliphatic carbocycles. The SMILES string of the molecule is CNc1c2c(nc3ccccc13)C1Oc3c(O)ccc4c3[C@@]13CCN(C)[C@H](C4)C3(O)C2. The van der Waals surface area contributed by atoms with Crippen LogP contribution in [0.1, 0.15) is 34.9 Å². The maximum absolute atomic E-state index is 12.6. The molecule has 0 saturated carbocycles. The second kappa shape index (κ2) is 5.50. The third-order valence-electron chi connectivity index (χ3n) is 8.45. The molecule has 6 heteroatoms. The summed E-state index contributed by atoms with van der Waals surface area (Å²) in [6.45, 7) is 0.878. The molecule has 7 rings (SSSR count). The predicted octanol–water partition coefficient (Wildman–Crippen LogP) is 2.90. The molecule has 31 heavy (non-hydrogen) atoms. The van der Waals surface area contributed by atoms with E-state index in [1.807, 2.05) is 31.3 Å². The first-order valence-electron chi connectivity index (χ1n) is 11.0. The highest BCUT2D eigenvalue weighted by Gasteiger charge is 2.72. The van der Waals surface area contributed by atoms with Crippen LogP contribution in [0.5, 0.6) is 11.5 Å². The first kappa shape index (κ1) is 17.8. The van der Waals surface area contributed by atoms with Crippen molar-refractivity contribution < 1.29 is 14.9 Å². The Labute approximate surface area is 180 Å². The van der Waals surface area contributed by atoms with Gasteiger partial charge in [0, 0.05) is 41.7 Å². The average Bonchev–Trinajstić information content (AvgIpc) is 3.12. The molecule has 2 aromatic carbocycles. The number of phenols is 1. The van der Waals surface area contributed by atoms with E-state index >= 15 is 0 Å². The fourth-order valence-electron chi connectivity index (χ4n) is 7.15. The number of ether oxygens (including phenoxy) is 1. The van der Waals surface area contributed by atoms with E-state index < -0.39 is 17.1 Å². The molecule has 1 spiro atoms. The number of phenolic OH excluding ortho intramolecular Hbond substituents is 1. The standard InChI is InChI=1S/C25H25N3O3/c1-26-20-14-5-3-4-6-16(14)27-21-15(20)12-25(30)18-11-13-7-8-17(29)22-19(13)24(25,23(21)31-22)9-10-28(18)2/h3-8,18,23,29-30H,9-12H2,1-2H3,(H,26,27)/t18-,23?,24+,25?/m1/s1. The molecule has 0 amide bonds. The van der Waals surface area contributed by atoms with E-state index in [0.29, 0.717) is 12.2 Å². The number of benzene rings is 2. The lowest BCUT2D eigenvalue weighted by Gasteiger charge is -2.62. The van der Waals surface area contributed by atoms with E-state index in [2.05, 4.69) is 23.3 Å². The minimum absolute atomic E-state index is 0.0142. The second-order valence-electron chi connectivity index (χ2n) is 9.59. The van der Waals surface area contributed by atoms with Gasteiger partial charge in [0.05, 0.1) is 22.2 Å². The molecule has 1 aromatic heterocycles. The Kier molecular flexibility index (Phi) is 3.16. The third kappa shape index (κ3) is 1.82. The molecule has 4 atom stereocenters. The molecular formula is C25H25N3O3. The molecule has 2 aliphatic heterocycles. The summed E-state index contributed by atoms with van der Waals surface area (Å²) in [7, 11) is 4.04. The van der Waals surface area contributed by atoms with Gasteiger partial charge in [0.25, 0.3) is 0 Å². The quantitative estimate of drug-likeness (QED) is 0.567. The van der Waals surface area contributed by atoms with Gasteiger partial charge in [-0.2, -0.15) is 0 Å². The minimum Gasteiger partial charge on any atom is -0.504 e. The first-order valence-corrected chi connectivity index (χ1v) is 11.0. The minimum atomic E-state index is -1.00. The van der Waals surface area contributed by atoms with Crippen molar-refractivity contribution in [3.63, 3.8) is 0 Å². The number of aromatic nitrogens is 1. The predicted molar refractivity (Wildman–Crippen MR) is 118 cm³/mol. The zero-order valence-corrected chi connectivity index (χ0v) is 17.6. The number of aliphatic hydroxyl groups is 1. The molecule has 2 bridgehead atoms. The Hall–Kier alpha value is -2.83. The van der Waals surface area contributed by atoms with Crippen molar-refractivity contribution in [3.05, 3.63) is 58.8 Å². The van der Waals surface area contributed by atoms with E-state index in [1.54, 1.807) is 6.07 Å². The van der Waals surface area contributed by atoms with Gasteiger partial charge in [-0.3, -0.25) is 0 Å². The Morgan fingerprint density at radius 2 is 2.06 bits per heavy atom. The lowest BCUT2D eigenvalue weighted by molar-refractivity contribution is -0.167. The normalized spacial score (nSPS) is 32.4. The topological polar surface area (TPSA) is 77.9 Å². The van der Waals surface area contributed by atoms with Gasteiger partial charge in [0.2, 0.25) is 0 Å². The zero-order valence-electron chi connectivity index (χ0n) is 17.6. The van der Waals surface area contributed by atoms with Crippen LogP contribution in [0.4, 0.5) is 5.69 Å². The number of piperidine rings is 1. The van der Waals surface area contributed by atoms with E-state index in [9.17, 15) is 10.2 Å². The van der Waals surface area contributed by atoms with Crippen molar-refractivity contribution >= 4 is 16.6 Å². The number of pyridine rings is 1. The van der Waals surface area contributed by atoms with Crippen molar-refractivity contribution in [3.8, 4) is 11.5 Å². The summed E-state index contributed by atoms with van der Waals surface area (Å²) in [6.07, 6.45) is 1.61. The molecule has 158 valence electrons. The van der Waals surface area contributed by atoms with Crippen LogP contribution in [0.3, 0.4) is 0 Å². The number of fused-ring (bicyclic) bond motifs is 3. The Bertz CT molecular complexity index is 1290. The number of rotatable bonds is 1. The number of hydrogen-bond acceptors (Lipinski definition) is 6. The Morgan fingerprint density at radius 1 is 1.23 bits per heavy atom. The summed E-state index contributed by atoms with van der Waals surface area (Å²) in [5.41, 5.74) is 4.43. The van der Waals surface area contributed by atoms with E-state index in [-0.39, 0.29) is 11.8 Å². The van der Waals surface area contributed by atoms with Gasteiger partial charge < -0.3 is 25.2 Å². The van der Waals surface area contributed by atoms with E-state index in [0.717, 1.165) is 52.8 Å². The molecule has 3 aromatic rings. The van der Waals surface area contributed by atoms with Crippen LogP contribution in [-0.4, -0.2) is 52.4 Å². The summed E-state index contributed by atoms with van der Waals surface area (Å²) < 4.78 is 6.57. The van der Waals surface area contributed by atoms with E-state index in [4.69, 9.17) is 9.72 Å². The Balaban J connectivity index is 1.61. The van der Waals surface area contributed by atoms with Crippen LogP contribution in [-0.2, 0) is 18.3 Å². The molecule has 3 heterocycles. The highest BCUT2D eigenvalue weighted by Crippen LogP contribution is 2.68. The summed E-state index contributed by atoms with van der Waals surface area (Å²) in [5, 5.41) is 27.7. The summed E-state index contributed by atoms with van der Waals surface area (Å²) in [4.78, 5) is 7.39. The summed E-state index contributed by atoms with van der Waals surface area (Å²) in [6, 6.07) is 11.8. The van der Waals surface area contributed by atoms with E-state index in [1.165, 1.54) is 5.56 Å². The van der Waals surface area contributed by atoms with Crippen molar-refractivity contribution in [2.24, 2.45) is 0 Å². The summed E-state index contributed by atoms with van der Waals surface area (Å²) in [5.74, 6) is 0.691. The van der Waals surface area contributed by atoms with Crippen LogP contribution in [0.2, 0.25) is 0 Å². The maximum atomic E-state index is 12.6. The molecule has 6 nitrogen and oxygen atoms in total. The van der Waals surface area contributed by atoms with Crippen molar-refractivity contribution in [1.29, 1.82) is 0 Å². The van der Waals surface area contributed by atoms with Crippen LogP contribution >= 0.6 is 0 Å². The number of likely N-dealkylation sites (tertiary alicyclic amines) is 1. The molecule has 4 aliphatic rings. The fourth-order valence-corrected chi connectivity index (χ4v) is 7.15. The van der Waals surface area contributed by atoms with Gasteiger partial charge in [-0.05, 0) is 44.1 Å². The number of aromatic hydroxyl groups is 1. The van der Waals surface area contributed by atoms with Gasteiger partial charge in [-0.25, -0.2) is 4.98 Å².